The Morgan fingerprint density at radius 1 is 1.04 bits per heavy atom. The van der Waals surface area contributed by atoms with Crippen LogP contribution in [-0.4, -0.2) is 40.9 Å². The zero-order valence-corrected chi connectivity index (χ0v) is 14.4. The van der Waals surface area contributed by atoms with Gasteiger partial charge in [0, 0.05) is 19.6 Å². The van der Waals surface area contributed by atoms with E-state index in [0.29, 0.717) is 6.54 Å². The molecule has 0 heterocycles. The summed E-state index contributed by atoms with van der Waals surface area (Å²) >= 11 is 0. The molecular weight excluding hydrogens is 330 g/mol. The minimum atomic E-state index is -3.23. The van der Waals surface area contributed by atoms with E-state index in [1.807, 2.05) is 36.4 Å². The lowest BCUT2D eigenvalue weighted by atomic mass is 10.1. The van der Waals surface area contributed by atoms with Crippen LogP contribution in [0.3, 0.4) is 0 Å². The minimum absolute atomic E-state index is 0.157. The maximum Gasteiger partial charge on any atom is 0.315 e. The number of benzene rings is 2. The number of fused-ring (bicyclic) bond motifs is 1. The van der Waals surface area contributed by atoms with Gasteiger partial charge < -0.3 is 15.4 Å². The van der Waals surface area contributed by atoms with Crippen LogP contribution in [0.4, 0.5) is 4.79 Å². The number of sulfonamides is 1. The first-order valence-corrected chi connectivity index (χ1v) is 9.29. The topological polar surface area (TPSA) is 96.5 Å². The Morgan fingerprint density at radius 3 is 2.46 bits per heavy atom. The van der Waals surface area contributed by atoms with Crippen molar-refractivity contribution < 1.29 is 17.9 Å². The molecule has 130 valence electrons. The van der Waals surface area contributed by atoms with Crippen LogP contribution >= 0.6 is 0 Å². The van der Waals surface area contributed by atoms with Crippen molar-refractivity contribution in [3.8, 4) is 5.75 Å². The van der Waals surface area contributed by atoms with Gasteiger partial charge in [0.1, 0.15) is 5.75 Å². The van der Waals surface area contributed by atoms with Gasteiger partial charge in [0.2, 0.25) is 10.0 Å². The van der Waals surface area contributed by atoms with Crippen molar-refractivity contribution in [3.05, 3.63) is 42.0 Å². The highest BCUT2D eigenvalue weighted by Crippen LogP contribution is 2.21. The summed E-state index contributed by atoms with van der Waals surface area (Å²) in [5.74, 6) is 0.801. The summed E-state index contributed by atoms with van der Waals surface area (Å²) in [7, 11) is -1.61. The summed E-state index contributed by atoms with van der Waals surface area (Å²) in [4.78, 5) is 11.7. The molecule has 0 aliphatic heterocycles. The first-order valence-electron chi connectivity index (χ1n) is 7.40. The van der Waals surface area contributed by atoms with E-state index < -0.39 is 10.0 Å². The SMILES string of the molecule is COc1ccc2cc(CNC(=O)NCCNS(C)(=O)=O)ccc2c1. The maximum absolute atomic E-state index is 11.7. The Labute approximate surface area is 141 Å². The minimum Gasteiger partial charge on any atom is -0.497 e. The van der Waals surface area contributed by atoms with Gasteiger partial charge in [-0.2, -0.15) is 0 Å². The van der Waals surface area contributed by atoms with E-state index in [9.17, 15) is 13.2 Å². The summed E-state index contributed by atoms with van der Waals surface area (Å²) in [5.41, 5.74) is 0.970. The Kier molecular flexibility index (Phi) is 5.99. The van der Waals surface area contributed by atoms with Crippen molar-refractivity contribution in [2.45, 2.75) is 6.54 Å². The number of urea groups is 1. The van der Waals surface area contributed by atoms with E-state index >= 15 is 0 Å². The summed E-state index contributed by atoms with van der Waals surface area (Å²) in [5, 5.41) is 7.44. The van der Waals surface area contributed by atoms with E-state index in [0.717, 1.165) is 28.3 Å². The Balaban J connectivity index is 1.83. The lowest BCUT2D eigenvalue weighted by molar-refractivity contribution is 0.240. The Hall–Kier alpha value is -2.32. The highest BCUT2D eigenvalue weighted by molar-refractivity contribution is 7.88. The zero-order chi connectivity index (χ0) is 17.6. The number of hydrogen-bond donors (Lipinski definition) is 3. The fourth-order valence-corrected chi connectivity index (χ4v) is 2.64. The lowest BCUT2D eigenvalue weighted by Gasteiger charge is -2.09. The fraction of sp³-hybridized carbons (Fsp3) is 0.312. The molecule has 0 saturated carbocycles. The second kappa shape index (κ2) is 7.98. The van der Waals surface area contributed by atoms with Gasteiger partial charge in [-0.25, -0.2) is 17.9 Å². The number of rotatable bonds is 7. The van der Waals surface area contributed by atoms with Gasteiger partial charge in [-0.15, -0.1) is 0 Å². The molecule has 0 aliphatic carbocycles. The highest BCUT2D eigenvalue weighted by Gasteiger charge is 2.03. The molecule has 0 radical (unpaired) electrons. The third kappa shape index (κ3) is 5.71. The largest absolute Gasteiger partial charge is 0.497 e. The van der Waals surface area contributed by atoms with Gasteiger partial charge in [0.15, 0.2) is 0 Å². The predicted molar refractivity (Wildman–Crippen MR) is 93.6 cm³/mol. The van der Waals surface area contributed by atoms with E-state index in [4.69, 9.17) is 4.74 Å². The Bertz CT molecular complexity index is 821. The standard InChI is InChI=1S/C16H21N3O4S/c1-23-15-6-5-13-9-12(3-4-14(13)10-15)11-18-16(20)17-7-8-19-24(2,21)22/h3-6,9-10,19H,7-8,11H2,1-2H3,(H2,17,18,20). The molecule has 2 amide bonds. The first kappa shape index (κ1) is 18.0. The van der Waals surface area contributed by atoms with Crippen molar-refractivity contribution >= 4 is 26.8 Å². The van der Waals surface area contributed by atoms with Crippen molar-refractivity contribution in [2.24, 2.45) is 0 Å². The summed E-state index contributed by atoms with van der Waals surface area (Å²) in [6, 6.07) is 11.4. The molecule has 0 fully saturated rings. The van der Waals surface area contributed by atoms with Gasteiger partial charge in [0.05, 0.1) is 13.4 Å². The normalized spacial score (nSPS) is 11.2. The van der Waals surface area contributed by atoms with Crippen LogP contribution in [0.25, 0.3) is 10.8 Å². The van der Waals surface area contributed by atoms with Crippen molar-refractivity contribution in [1.29, 1.82) is 0 Å². The quantitative estimate of drug-likeness (QED) is 0.653. The average Bonchev–Trinajstić information content (AvgIpc) is 2.55. The number of methoxy groups -OCH3 is 1. The van der Waals surface area contributed by atoms with E-state index in [-0.39, 0.29) is 19.1 Å². The second-order valence-corrected chi connectivity index (χ2v) is 7.16. The molecular formula is C16H21N3O4S. The fourth-order valence-electron chi connectivity index (χ4n) is 2.17. The molecule has 2 aromatic rings. The van der Waals surface area contributed by atoms with Crippen LogP contribution in [0, 0.1) is 0 Å². The zero-order valence-electron chi connectivity index (χ0n) is 13.6. The van der Waals surface area contributed by atoms with Gasteiger partial charge in [0.25, 0.3) is 0 Å². The van der Waals surface area contributed by atoms with Crippen LogP contribution < -0.4 is 20.1 Å². The number of nitrogens with one attached hydrogen (secondary N) is 3. The van der Waals surface area contributed by atoms with Crippen LogP contribution in [0.15, 0.2) is 36.4 Å². The predicted octanol–water partition coefficient (Wildman–Crippen LogP) is 1.20. The van der Waals surface area contributed by atoms with Crippen molar-refractivity contribution in [3.63, 3.8) is 0 Å². The monoisotopic (exact) mass is 351 g/mol. The molecule has 7 nitrogen and oxygen atoms in total. The molecule has 0 saturated heterocycles. The molecule has 8 heteroatoms. The number of carbonyl (C=O) groups excluding carboxylic acids is 1. The molecule has 2 rings (SSSR count). The maximum atomic E-state index is 11.7. The molecule has 0 atom stereocenters. The third-order valence-corrected chi connectivity index (χ3v) is 4.07. The van der Waals surface area contributed by atoms with Crippen LogP contribution in [-0.2, 0) is 16.6 Å². The van der Waals surface area contributed by atoms with Crippen molar-refractivity contribution in [1.82, 2.24) is 15.4 Å². The number of hydrogen-bond acceptors (Lipinski definition) is 4. The van der Waals surface area contributed by atoms with E-state index in [1.165, 1.54) is 0 Å². The molecule has 2 aromatic carbocycles. The molecule has 0 aliphatic rings. The van der Waals surface area contributed by atoms with Gasteiger partial charge in [-0.05, 0) is 34.5 Å². The summed E-state index contributed by atoms with van der Waals surface area (Å²) in [6.07, 6.45) is 1.07. The lowest BCUT2D eigenvalue weighted by Crippen LogP contribution is -2.39. The second-order valence-electron chi connectivity index (χ2n) is 5.32. The smallest absolute Gasteiger partial charge is 0.315 e. The Morgan fingerprint density at radius 2 is 1.75 bits per heavy atom. The van der Waals surface area contributed by atoms with Crippen LogP contribution in [0.5, 0.6) is 5.75 Å². The van der Waals surface area contributed by atoms with E-state index in [1.54, 1.807) is 7.11 Å². The number of carbonyl (C=O) groups is 1. The first-order chi connectivity index (χ1) is 11.4. The van der Waals surface area contributed by atoms with Gasteiger partial charge >= 0.3 is 6.03 Å². The highest BCUT2D eigenvalue weighted by atomic mass is 32.2. The van der Waals surface area contributed by atoms with Crippen LogP contribution in [0.1, 0.15) is 5.56 Å². The molecule has 0 bridgehead atoms. The van der Waals surface area contributed by atoms with Crippen molar-refractivity contribution in [2.75, 3.05) is 26.5 Å². The molecule has 3 N–H and O–H groups in total. The molecule has 0 spiro atoms. The number of ether oxygens (including phenoxy) is 1. The van der Waals surface area contributed by atoms with E-state index in [2.05, 4.69) is 15.4 Å². The summed E-state index contributed by atoms with van der Waals surface area (Å²) < 4.78 is 29.3. The molecule has 0 aromatic heterocycles. The number of amides is 2. The van der Waals surface area contributed by atoms with Gasteiger partial charge in [-0.3, -0.25) is 0 Å². The van der Waals surface area contributed by atoms with Gasteiger partial charge in [-0.1, -0.05) is 18.2 Å². The average molecular weight is 351 g/mol. The molecule has 0 unspecified atom stereocenters. The molecule has 24 heavy (non-hydrogen) atoms. The van der Waals surface area contributed by atoms with Crippen LogP contribution in [0.2, 0.25) is 0 Å². The summed E-state index contributed by atoms with van der Waals surface area (Å²) in [6.45, 7) is 0.758. The third-order valence-electron chi connectivity index (χ3n) is 3.34.